The molecule has 3 aromatic rings. The standard InChI is InChI=1S/C14H12FN3/c1-8-3-4-11(15)10-7-9(2)14(17-13(8)10)12-5-6-16-18-12/h3-7H,1-2H3,(H,16,18). The summed E-state index contributed by atoms with van der Waals surface area (Å²) in [5, 5.41) is 7.37. The predicted octanol–water partition coefficient (Wildman–Crippen LogP) is 3.38. The summed E-state index contributed by atoms with van der Waals surface area (Å²) in [5.74, 6) is -0.234. The van der Waals surface area contributed by atoms with Gasteiger partial charge in [-0.2, -0.15) is 5.10 Å². The molecule has 4 heteroatoms. The van der Waals surface area contributed by atoms with Gasteiger partial charge in [-0.05, 0) is 43.2 Å². The third-order valence-electron chi connectivity index (χ3n) is 3.08. The molecule has 0 aliphatic carbocycles. The van der Waals surface area contributed by atoms with Crippen molar-refractivity contribution in [3.63, 3.8) is 0 Å². The monoisotopic (exact) mass is 241 g/mol. The van der Waals surface area contributed by atoms with Crippen LogP contribution in [0.25, 0.3) is 22.3 Å². The van der Waals surface area contributed by atoms with E-state index in [9.17, 15) is 4.39 Å². The zero-order valence-corrected chi connectivity index (χ0v) is 10.2. The first-order chi connectivity index (χ1) is 8.66. The molecule has 90 valence electrons. The highest BCUT2D eigenvalue weighted by Crippen LogP contribution is 2.26. The van der Waals surface area contributed by atoms with Gasteiger partial charge in [-0.15, -0.1) is 0 Å². The summed E-state index contributed by atoms with van der Waals surface area (Å²) in [6, 6.07) is 6.92. The highest BCUT2D eigenvalue weighted by molar-refractivity contribution is 5.85. The van der Waals surface area contributed by atoms with Gasteiger partial charge in [0.25, 0.3) is 0 Å². The number of hydrogen-bond acceptors (Lipinski definition) is 2. The first-order valence-electron chi connectivity index (χ1n) is 5.73. The van der Waals surface area contributed by atoms with Crippen LogP contribution in [0.2, 0.25) is 0 Å². The maximum Gasteiger partial charge on any atom is 0.132 e. The Hall–Kier alpha value is -2.23. The summed E-state index contributed by atoms with van der Waals surface area (Å²) < 4.78 is 13.8. The quantitative estimate of drug-likeness (QED) is 0.709. The lowest BCUT2D eigenvalue weighted by molar-refractivity contribution is 0.639. The molecular weight excluding hydrogens is 229 g/mol. The molecular formula is C14H12FN3. The number of hydrogen-bond donors (Lipinski definition) is 1. The number of halogens is 1. The molecule has 0 saturated carbocycles. The fourth-order valence-corrected chi connectivity index (χ4v) is 2.12. The van der Waals surface area contributed by atoms with Crippen LogP contribution in [-0.4, -0.2) is 15.2 Å². The van der Waals surface area contributed by atoms with E-state index in [1.165, 1.54) is 6.07 Å². The number of aromatic nitrogens is 3. The number of rotatable bonds is 1. The number of H-pyrrole nitrogens is 1. The van der Waals surface area contributed by atoms with Crippen molar-refractivity contribution in [3.8, 4) is 11.4 Å². The zero-order valence-electron chi connectivity index (χ0n) is 10.2. The van der Waals surface area contributed by atoms with Crippen molar-refractivity contribution in [3.05, 3.63) is 47.4 Å². The Bertz CT molecular complexity index is 717. The average Bonchev–Trinajstić information content (AvgIpc) is 2.87. The van der Waals surface area contributed by atoms with Crippen molar-refractivity contribution < 1.29 is 4.39 Å². The number of pyridine rings is 1. The smallest absolute Gasteiger partial charge is 0.132 e. The molecule has 2 heterocycles. The third kappa shape index (κ3) is 1.57. The minimum absolute atomic E-state index is 0.234. The Morgan fingerprint density at radius 2 is 1.94 bits per heavy atom. The fourth-order valence-electron chi connectivity index (χ4n) is 2.12. The van der Waals surface area contributed by atoms with Crippen molar-refractivity contribution in [2.24, 2.45) is 0 Å². The van der Waals surface area contributed by atoms with E-state index in [-0.39, 0.29) is 5.82 Å². The Kier molecular flexibility index (Phi) is 2.37. The second kappa shape index (κ2) is 3.91. The van der Waals surface area contributed by atoms with E-state index in [0.29, 0.717) is 10.9 Å². The number of benzene rings is 1. The van der Waals surface area contributed by atoms with Crippen LogP contribution < -0.4 is 0 Å². The van der Waals surface area contributed by atoms with Crippen LogP contribution >= 0.6 is 0 Å². The maximum absolute atomic E-state index is 13.8. The molecule has 0 bridgehead atoms. The van der Waals surface area contributed by atoms with E-state index in [1.807, 2.05) is 26.0 Å². The Morgan fingerprint density at radius 1 is 1.11 bits per heavy atom. The summed E-state index contributed by atoms with van der Waals surface area (Å²) in [6.45, 7) is 3.85. The molecule has 3 nitrogen and oxygen atoms in total. The topological polar surface area (TPSA) is 41.6 Å². The lowest BCUT2D eigenvalue weighted by Gasteiger charge is -2.08. The minimum Gasteiger partial charge on any atom is -0.276 e. The van der Waals surface area contributed by atoms with E-state index in [0.717, 1.165) is 22.5 Å². The van der Waals surface area contributed by atoms with E-state index in [4.69, 9.17) is 0 Å². The van der Waals surface area contributed by atoms with Crippen molar-refractivity contribution in [2.75, 3.05) is 0 Å². The molecule has 1 N–H and O–H groups in total. The molecule has 0 amide bonds. The first kappa shape index (κ1) is 10.9. The zero-order chi connectivity index (χ0) is 12.7. The number of aryl methyl sites for hydroxylation is 2. The van der Waals surface area contributed by atoms with Crippen molar-refractivity contribution >= 4 is 10.9 Å². The highest BCUT2D eigenvalue weighted by Gasteiger charge is 2.11. The number of nitrogens with zero attached hydrogens (tertiary/aromatic N) is 2. The molecule has 0 fully saturated rings. The van der Waals surface area contributed by atoms with E-state index < -0.39 is 0 Å². The second-order valence-corrected chi connectivity index (χ2v) is 4.38. The van der Waals surface area contributed by atoms with Gasteiger partial charge in [-0.3, -0.25) is 5.10 Å². The van der Waals surface area contributed by atoms with Crippen molar-refractivity contribution in [1.82, 2.24) is 15.2 Å². The summed E-state index contributed by atoms with van der Waals surface area (Å²) in [5.41, 5.74) is 4.25. The Balaban J connectivity index is 2.37. The van der Waals surface area contributed by atoms with Gasteiger partial charge in [0.1, 0.15) is 5.82 Å². The molecule has 0 unspecified atom stereocenters. The summed E-state index contributed by atoms with van der Waals surface area (Å²) in [6.07, 6.45) is 1.68. The predicted molar refractivity (Wildman–Crippen MR) is 68.8 cm³/mol. The van der Waals surface area contributed by atoms with Crippen LogP contribution in [0.3, 0.4) is 0 Å². The molecule has 18 heavy (non-hydrogen) atoms. The lowest BCUT2D eigenvalue weighted by Crippen LogP contribution is -1.94. The molecule has 0 saturated heterocycles. The molecule has 2 aromatic heterocycles. The van der Waals surface area contributed by atoms with Gasteiger partial charge in [0.15, 0.2) is 0 Å². The molecule has 0 radical (unpaired) electrons. The summed E-state index contributed by atoms with van der Waals surface area (Å²) in [4.78, 5) is 4.57. The van der Waals surface area contributed by atoms with E-state index in [1.54, 1.807) is 12.3 Å². The van der Waals surface area contributed by atoms with E-state index >= 15 is 0 Å². The lowest BCUT2D eigenvalue weighted by atomic mass is 10.1. The van der Waals surface area contributed by atoms with Gasteiger partial charge >= 0.3 is 0 Å². The average molecular weight is 241 g/mol. The van der Waals surface area contributed by atoms with Gasteiger partial charge in [-0.1, -0.05) is 6.07 Å². The van der Waals surface area contributed by atoms with Crippen LogP contribution in [0.1, 0.15) is 11.1 Å². The summed E-state index contributed by atoms with van der Waals surface area (Å²) >= 11 is 0. The van der Waals surface area contributed by atoms with Crippen molar-refractivity contribution in [2.45, 2.75) is 13.8 Å². The number of fused-ring (bicyclic) bond motifs is 1. The summed E-state index contributed by atoms with van der Waals surface area (Å²) in [7, 11) is 0. The first-order valence-corrected chi connectivity index (χ1v) is 5.73. The van der Waals surface area contributed by atoms with Crippen LogP contribution in [0.15, 0.2) is 30.5 Å². The van der Waals surface area contributed by atoms with Gasteiger partial charge in [0.2, 0.25) is 0 Å². The Morgan fingerprint density at radius 3 is 2.67 bits per heavy atom. The highest BCUT2D eigenvalue weighted by atomic mass is 19.1. The van der Waals surface area contributed by atoms with Crippen LogP contribution in [0, 0.1) is 19.7 Å². The van der Waals surface area contributed by atoms with Crippen LogP contribution in [0.4, 0.5) is 4.39 Å². The largest absolute Gasteiger partial charge is 0.276 e. The molecule has 0 aliphatic rings. The second-order valence-electron chi connectivity index (χ2n) is 4.38. The number of nitrogens with one attached hydrogen (secondary N) is 1. The third-order valence-corrected chi connectivity index (χ3v) is 3.08. The van der Waals surface area contributed by atoms with Gasteiger partial charge in [0, 0.05) is 11.6 Å². The van der Waals surface area contributed by atoms with E-state index in [2.05, 4.69) is 15.2 Å². The molecule has 1 aromatic carbocycles. The maximum atomic E-state index is 13.8. The molecule has 0 atom stereocenters. The Labute approximate surface area is 104 Å². The minimum atomic E-state index is -0.234. The van der Waals surface area contributed by atoms with Crippen LogP contribution in [-0.2, 0) is 0 Å². The molecule has 0 aliphatic heterocycles. The van der Waals surface area contributed by atoms with Gasteiger partial charge < -0.3 is 0 Å². The normalized spacial score (nSPS) is 11.1. The van der Waals surface area contributed by atoms with Gasteiger partial charge in [0.05, 0.1) is 16.9 Å². The SMILES string of the molecule is Cc1cc2c(F)ccc(C)c2nc1-c1ccn[nH]1. The van der Waals surface area contributed by atoms with Crippen molar-refractivity contribution in [1.29, 1.82) is 0 Å². The molecule has 3 rings (SSSR count). The van der Waals surface area contributed by atoms with Gasteiger partial charge in [-0.25, -0.2) is 9.37 Å². The number of aromatic amines is 1. The fraction of sp³-hybridized carbons (Fsp3) is 0.143. The van der Waals surface area contributed by atoms with Crippen LogP contribution in [0.5, 0.6) is 0 Å². The molecule has 0 spiro atoms.